The summed E-state index contributed by atoms with van der Waals surface area (Å²) in [5.41, 5.74) is 7.20. The Bertz CT molecular complexity index is 648. The number of hydrogen-bond acceptors (Lipinski definition) is 1. The summed E-state index contributed by atoms with van der Waals surface area (Å²) in [4.78, 5) is 0. The molecule has 1 nitrogen and oxygen atoms in total. The standard InChI is InChI=1S/C19H22BrN/c1-13-6-9-18(20)17(10-13)19(21-2)12-14-7-8-15-4-3-5-16(15)11-14/h6-11,19,21H,3-5,12H2,1-2H3. The van der Waals surface area contributed by atoms with Crippen molar-refractivity contribution >= 4 is 15.9 Å². The van der Waals surface area contributed by atoms with Gasteiger partial charge in [0.15, 0.2) is 0 Å². The van der Waals surface area contributed by atoms with Crippen molar-refractivity contribution in [2.24, 2.45) is 0 Å². The molecule has 2 heteroatoms. The molecule has 1 aliphatic carbocycles. The third-order valence-electron chi connectivity index (χ3n) is 4.48. The predicted molar refractivity (Wildman–Crippen MR) is 92.9 cm³/mol. The molecule has 0 saturated carbocycles. The van der Waals surface area contributed by atoms with E-state index in [0.717, 1.165) is 6.42 Å². The molecular formula is C19H22BrN. The lowest BCUT2D eigenvalue weighted by Gasteiger charge is -2.19. The summed E-state index contributed by atoms with van der Waals surface area (Å²) < 4.78 is 1.19. The number of benzene rings is 2. The highest BCUT2D eigenvalue weighted by Gasteiger charge is 2.16. The van der Waals surface area contributed by atoms with Crippen LogP contribution < -0.4 is 5.32 Å². The molecule has 0 aliphatic heterocycles. The van der Waals surface area contributed by atoms with Crippen LogP contribution in [0.25, 0.3) is 0 Å². The Morgan fingerprint density at radius 3 is 2.71 bits per heavy atom. The van der Waals surface area contributed by atoms with Crippen molar-refractivity contribution in [3.05, 3.63) is 68.7 Å². The third-order valence-corrected chi connectivity index (χ3v) is 5.20. The molecule has 0 radical (unpaired) electrons. The van der Waals surface area contributed by atoms with E-state index in [4.69, 9.17) is 0 Å². The second-order valence-electron chi connectivity index (χ2n) is 6.03. The van der Waals surface area contributed by atoms with Crippen LogP contribution in [0.2, 0.25) is 0 Å². The van der Waals surface area contributed by atoms with Crippen LogP contribution in [0.15, 0.2) is 40.9 Å². The van der Waals surface area contributed by atoms with Crippen molar-refractivity contribution in [1.82, 2.24) is 5.32 Å². The zero-order valence-electron chi connectivity index (χ0n) is 12.7. The van der Waals surface area contributed by atoms with Gasteiger partial charge in [0, 0.05) is 10.5 Å². The van der Waals surface area contributed by atoms with E-state index >= 15 is 0 Å². The molecule has 3 rings (SSSR count). The zero-order valence-corrected chi connectivity index (χ0v) is 14.3. The molecule has 2 aromatic rings. The molecule has 1 aliphatic rings. The molecule has 110 valence electrons. The predicted octanol–water partition coefficient (Wildman–Crippen LogP) is 4.75. The van der Waals surface area contributed by atoms with E-state index in [0.29, 0.717) is 6.04 Å². The lowest BCUT2D eigenvalue weighted by atomic mass is 9.96. The Hall–Kier alpha value is -1.12. The minimum atomic E-state index is 0.346. The highest BCUT2D eigenvalue weighted by Crippen LogP contribution is 2.29. The largest absolute Gasteiger partial charge is 0.313 e. The van der Waals surface area contributed by atoms with Crippen molar-refractivity contribution in [1.29, 1.82) is 0 Å². The van der Waals surface area contributed by atoms with Crippen LogP contribution in [0.3, 0.4) is 0 Å². The first kappa shape index (κ1) is 14.8. The molecule has 2 aromatic carbocycles. The average Bonchev–Trinajstić information content (AvgIpc) is 2.95. The maximum atomic E-state index is 3.69. The summed E-state index contributed by atoms with van der Waals surface area (Å²) in [7, 11) is 2.05. The lowest BCUT2D eigenvalue weighted by molar-refractivity contribution is 0.589. The van der Waals surface area contributed by atoms with Crippen molar-refractivity contribution in [3.63, 3.8) is 0 Å². The van der Waals surface area contributed by atoms with E-state index in [2.05, 4.69) is 64.6 Å². The van der Waals surface area contributed by atoms with Crippen molar-refractivity contribution in [2.75, 3.05) is 7.05 Å². The first-order valence-corrected chi connectivity index (χ1v) is 8.50. The molecule has 1 atom stereocenters. The van der Waals surface area contributed by atoms with E-state index < -0.39 is 0 Å². The normalized spacial score (nSPS) is 15.0. The van der Waals surface area contributed by atoms with Gasteiger partial charge in [-0.05, 0) is 68.0 Å². The summed E-state index contributed by atoms with van der Waals surface area (Å²) in [6, 6.07) is 14.0. The smallest absolute Gasteiger partial charge is 0.0369 e. The molecule has 1 unspecified atom stereocenters. The first-order chi connectivity index (χ1) is 10.2. The zero-order chi connectivity index (χ0) is 14.8. The summed E-state index contributed by atoms with van der Waals surface area (Å²) in [6.45, 7) is 2.15. The third kappa shape index (κ3) is 3.22. The summed E-state index contributed by atoms with van der Waals surface area (Å²) in [6.07, 6.45) is 4.86. The van der Waals surface area contributed by atoms with Crippen molar-refractivity contribution in [2.45, 2.75) is 38.6 Å². The Morgan fingerprint density at radius 1 is 1.10 bits per heavy atom. The van der Waals surface area contributed by atoms with E-state index in [1.54, 1.807) is 11.1 Å². The number of rotatable bonds is 4. The quantitative estimate of drug-likeness (QED) is 0.844. The van der Waals surface area contributed by atoms with Crippen LogP contribution in [-0.2, 0) is 19.3 Å². The molecule has 0 bridgehead atoms. The summed E-state index contributed by atoms with van der Waals surface area (Å²) >= 11 is 3.69. The fourth-order valence-corrected chi connectivity index (χ4v) is 3.81. The van der Waals surface area contributed by atoms with E-state index in [1.165, 1.54) is 40.4 Å². The Morgan fingerprint density at radius 2 is 1.90 bits per heavy atom. The maximum absolute atomic E-state index is 3.69. The molecular weight excluding hydrogens is 322 g/mol. The lowest BCUT2D eigenvalue weighted by Crippen LogP contribution is -2.19. The fourth-order valence-electron chi connectivity index (χ4n) is 3.29. The molecule has 0 aromatic heterocycles. The number of fused-ring (bicyclic) bond motifs is 1. The maximum Gasteiger partial charge on any atom is 0.0369 e. The van der Waals surface area contributed by atoms with E-state index in [-0.39, 0.29) is 0 Å². The van der Waals surface area contributed by atoms with Gasteiger partial charge in [-0.25, -0.2) is 0 Å². The molecule has 21 heavy (non-hydrogen) atoms. The Kier molecular flexibility index (Phi) is 4.46. The summed E-state index contributed by atoms with van der Waals surface area (Å²) in [5, 5.41) is 3.47. The molecule has 0 spiro atoms. The molecule has 0 fully saturated rings. The fraction of sp³-hybridized carbons (Fsp3) is 0.368. The highest BCUT2D eigenvalue weighted by atomic mass is 79.9. The SMILES string of the molecule is CNC(Cc1ccc2c(c1)CCC2)c1cc(C)ccc1Br. The monoisotopic (exact) mass is 343 g/mol. The average molecular weight is 344 g/mol. The van der Waals surface area contributed by atoms with Gasteiger partial charge in [-0.2, -0.15) is 0 Å². The van der Waals surface area contributed by atoms with Crippen molar-refractivity contribution in [3.8, 4) is 0 Å². The van der Waals surface area contributed by atoms with E-state index in [1.807, 2.05) is 7.05 Å². The number of likely N-dealkylation sites (N-methyl/N-ethyl adjacent to an activating group) is 1. The van der Waals surface area contributed by atoms with Crippen LogP contribution in [0.1, 0.15) is 40.3 Å². The van der Waals surface area contributed by atoms with Gasteiger partial charge in [0.2, 0.25) is 0 Å². The van der Waals surface area contributed by atoms with Gasteiger partial charge in [0.1, 0.15) is 0 Å². The van der Waals surface area contributed by atoms with Gasteiger partial charge in [-0.3, -0.25) is 0 Å². The molecule has 0 amide bonds. The highest BCUT2D eigenvalue weighted by molar-refractivity contribution is 9.10. The molecule has 0 heterocycles. The minimum absolute atomic E-state index is 0.346. The Balaban J connectivity index is 1.86. The van der Waals surface area contributed by atoms with Crippen LogP contribution in [0.5, 0.6) is 0 Å². The number of aryl methyl sites for hydroxylation is 3. The number of hydrogen-bond donors (Lipinski definition) is 1. The first-order valence-electron chi connectivity index (χ1n) is 7.71. The molecule has 0 saturated heterocycles. The molecule has 1 N–H and O–H groups in total. The van der Waals surface area contributed by atoms with E-state index in [9.17, 15) is 0 Å². The minimum Gasteiger partial charge on any atom is -0.313 e. The summed E-state index contributed by atoms with van der Waals surface area (Å²) in [5.74, 6) is 0. The van der Waals surface area contributed by atoms with Gasteiger partial charge in [0.25, 0.3) is 0 Å². The van der Waals surface area contributed by atoms with Gasteiger partial charge >= 0.3 is 0 Å². The van der Waals surface area contributed by atoms with Gasteiger partial charge in [-0.15, -0.1) is 0 Å². The van der Waals surface area contributed by atoms with Gasteiger partial charge < -0.3 is 5.32 Å². The van der Waals surface area contributed by atoms with Gasteiger partial charge in [0.05, 0.1) is 0 Å². The second-order valence-corrected chi connectivity index (χ2v) is 6.88. The second kappa shape index (κ2) is 6.33. The van der Waals surface area contributed by atoms with Crippen LogP contribution >= 0.6 is 15.9 Å². The number of halogens is 1. The van der Waals surface area contributed by atoms with Crippen molar-refractivity contribution < 1.29 is 0 Å². The number of nitrogens with one attached hydrogen (secondary N) is 1. The van der Waals surface area contributed by atoms with Gasteiger partial charge in [-0.1, -0.05) is 51.8 Å². The van der Waals surface area contributed by atoms with Crippen LogP contribution in [0.4, 0.5) is 0 Å². The topological polar surface area (TPSA) is 12.0 Å². The van der Waals surface area contributed by atoms with Crippen LogP contribution in [0, 0.1) is 6.92 Å². The Labute approximate surface area is 135 Å². The van der Waals surface area contributed by atoms with Crippen LogP contribution in [-0.4, -0.2) is 7.05 Å².